The van der Waals surface area contributed by atoms with Crippen LogP contribution < -0.4 is 0 Å². The van der Waals surface area contributed by atoms with Gasteiger partial charge >= 0.3 is 0 Å². The topological polar surface area (TPSA) is 15.6 Å². The fraction of sp³-hybridized carbons (Fsp3) is 0.278. The predicted molar refractivity (Wildman–Crippen MR) is 84.0 cm³/mol. The molecular weight excluding hydrogens is 244 g/mol. The van der Waals surface area contributed by atoms with E-state index in [1.54, 1.807) is 0 Å². The van der Waals surface area contributed by atoms with E-state index >= 15 is 0 Å². The van der Waals surface area contributed by atoms with Crippen molar-refractivity contribution in [3.05, 3.63) is 71.8 Å². The molecule has 0 saturated carbocycles. The molecule has 0 radical (unpaired) electrons. The molecular formula is C18H20N2. The molecule has 0 bridgehead atoms. The highest BCUT2D eigenvalue weighted by atomic mass is 15.5. The summed E-state index contributed by atoms with van der Waals surface area (Å²) >= 11 is 0. The van der Waals surface area contributed by atoms with Gasteiger partial charge in [-0.2, -0.15) is 5.10 Å². The lowest BCUT2D eigenvalue weighted by atomic mass is 9.84. The highest BCUT2D eigenvalue weighted by molar-refractivity contribution is 5.35. The molecule has 1 atom stereocenters. The number of rotatable bonds is 4. The fourth-order valence-corrected chi connectivity index (χ4v) is 3.25. The first-order valence-electron chi connectivity index (χ1n) is 7.23. The molecule has 0 unspecified atom stereocenters. The van der Waals surface area contributed by atoms with E-state index in [2.05, 4.69) is 77.5 Å². The van der Waals surface area contributed by atoms with Gasteiger partial charge < -0.3 is 0 Å². The van der Waals surface area contributed by atoms with E-state index in [0.29, 0.717) is 12.0 Å². The lowest BCUT2D eigenvalue weighted by molar-refractivity contribution is 0.249. The molecule has 20 heavy (non-hydrogen) atoms. The maximum Gasteiger partial charge on any atom is 0.0580 e. The van der Waals surface area contributed by atoms with Gasteiger partial charge in [0.25, 0.3) is 0 Å². The van der Waals surface area contributed by atoms with Crippen molar-refractivity contribution in [3.8, 4) is 0 Å². The average Bonchev–Trinajstić information content (AvgIpc) is 2.98. The van der Waals surface area contributed by atoms with Crippen LogP contribution in [0.4, 0.5) is 0 Å². The monoisotopic (exact) mass is 264 g/mol. The van der Waals surface area contributed by atoms with Crippen molar-refractivity contribution >= 4 is 6.72 Å². The maximum atomic E-state index is 4.22. The molecule has 2 aromatic rings. The summed E-state index contributed by atoms with van der Waals surface area (Å²) in [5.41, 5.74) is 2.72. The summed E-state index contributed by atoms with van der Waals surface area (Å²) in [5, 5.41) is 6.38. The highest BCUT2D eigenvalue weighted by Gasteiger charge is 2.32. The first-order chi connectivity index (χ1) is 9.90. The normalized spacial score (nSPS) is 18.4. The second kappa shape index (κ2) is 5.91. The number of benzene rings is 2. The Bertz CT molecular complexity index is 511. The lowest BCUT2D eigenvalue weighted by Gasteiger charge is -2.30. The molecule has 2 heteroatoms. The van der Waals surface area contributed by atoms with Crippen molar-refractivity contribution in [1.29, 1.82) is 0 Å². The third-order valence-electron chi connectivity index (χ3n) is 4.15. The van der Waals surface area contributed by atoms with Gasteiger partial charge in [0, 0.05) is 19.2 Å². The van der Waals surface area contributed by atoms with Crippen LogP contribution >= 0.6 is 0 Å². The van der Waals surface area contributed by atoms with Crippen LogP contribution in [0.25, 0.3) is 0 Å². The van der Waals surface area contributed by atoms with Gasteiger partial charge in [-0.15, -0.1) is 0 Å². The SMILES string of the molecule is C=NN1CCC[C@H]1C(c1ccccc1)c1ccccc1. The van der Waals surface area contributed by atoms with Crippen LogP contribution in [0, 0.1) is 0 Å². The van der Waals surface area contributed by atoms with Crippen molar-refractivity contribution in [2.24, 2.45) is 5.10 Å². The predicted octanol–water partition coefficient (Wildman–Crippen LogP) is 3.90. The summed E-state index contributed by atoms with van der Waals surface area (Å²) in [6.45, 7) is 4.76. The van der Waals surface area contributed by atoms with Gasteiger partial charge in [0.2, 0.25) is 0 Å². The first-order valence-corrected chi connectivity index (χ1v) is 7.23. The van der Waals surface area contributed by atoms with Gasteiger partial charge in [-0.3, -0.25) is 5.01 Å². The van der Waals surface area contributed by atoms with Gasteiger partial charge in [-0.05, 0) is 24.0 Å². The molecule has 0 aliphatic carbocycles. The Balaban J connectivity index is 2.02. The minimum atomic E-state index is 0.366. The van der Waals surface area contributed by atoms with E-state index in [-0.39, 0.29) is 0 Å². The zero-order valence-electron chi connectivity index (χ0n) is 11.7. The molecule has 102 valence electrons. The first kappa shape index (κ1) is 12.9. The molecule has 1 fully saturated rings. The van der Waals surface area contributed by atoms with E-state index < -0.39 is 0 Å². The van der Waals surface area contributed by atoms with Crippen LogP contribution in [-0.4, -0.2) is 24.3 Å². The summed E-state index contributed by atoms with van der Waals surface area (Å²) < 4.78 is 0. The molecule has 1 saturated heterocycles. The van der Waals surface area contributed by atoms with Crippen LogP contribution in [0.15, 0.2) is 65.8 Å². The molecule has 0 aromatic heterocycles. The summed E-state index contributed by atoms with van der Waals surface area (Å²) in [7, 11) is 0. The zero-order chi connectivity index (χ0) is 13.8. The van der Waals surface area contributed by atoms with Crippen LogP contribution in [0.2, 0.25) is 0 Å². The van der Waals surface area contributed by atoms with Crippen LogP contribution in [-0.2, 0) is 0 Å². The van der Waals surface area contributed by atoms with E-state index in [1.807, 2.05) is 0 Å². The van der Waals surface area contributed by atoms with Crippen molar-refractivity contribution in [2.75, 3.05) is 6.54 Å². The molecule has 0 spiro atoms. The second-order valence-electron chi connectivity index (χ2n) is 5.31. The zero-order valence-corrected chi connectivity index (χ0v) is 11.7. The summed E-state index contributed by atoms with van der Waals surface area (Å²) in [6.07, 6.45) is 2.37. The highest BCUT2D eigenvalue weighted by Crippen LogP contribution is 2.36. The smallest absolute Gasteiger partial charge is 0.0580 e. The molecule has 1 heterocycles. The van der Waals surface area contributed by atoms with Crippen molar-refractivity contribution in [3.63, 3.8) is 0 Å². The maximum absolute atomic E-state index is 4.22. The number of hydrazone groups is 1. The van der Waals surface area contributed by atoms with Gasteiger partial charge in [0.05, 0.1) is 6.04 Å². The Kier molecular flexibility index (Phi) is 3.82. The summed E-state index contributed by atoms with van der Waals surface area (Å²) in [6, 6.07) is 21.9. The molecule has 2 aromatic carbocycles. The molecule has 0 amide bonds. The Hall–Kier alpha value is -2.09. The molecule has 2 nitrogen and oxygen atoms in total. The molecule has 1 aliphatic heterocycles. The number of nitrogens with zero attached hydrogens (tertiary/aromatic N) is 2. The average molecular weight is 264 g/mol. The van der Waals surface area contributed by atoms with Crippen LogP contribution in [0.1, 0.15) is 29.9 Å². The summed E-state index contributed by atoms with van der Waals surface area (Å²) in [4.78, 5) is 0. The minimum Gasteiger partial charge on any atom is -0.294 e. The van der Waals surface area contributed by atoms with E-state index in [9.17, 15) is 0 Å². The lowest BCUT2D eigenvalue weighted by Crippen LogP contribution is -2.31. The van der Waals surface area contributed by atoms with Crippen LogP contribution in [0.5, 0.6) is 0 Å². The Morgan fingerprint density at radius 3 is 2.00 bits per heavy atom. The molecule has 1 aliphatic rings. The molecule has 0 N–H and O–H groups in total. The third-order valence-corrected chi connectivity index (χ3v) is 4.15. The Labute approximate surface area is 120 Å². The quantitative estimate of drug-likeness (QED) is 0.765. The Morgan fingerprint density at radius 1 is 0.950 bits per heavy atom. The van der Waals surface area contributed by atoms with Crippen molar-refractivity contribution in [2.45, 2.75) is 24.8 Å². The summed E-state index contributed by atoms with van der Waals surface area (Å²) in [5.74, 6) is 0.366. The van der Waals surface area contributed by atoms with Crippen LogP contribution in [0.3, 0.4) is 0 Å². The van der Waals surface area contributed by atoms with E-state index in [0.717, 1.165) is 6.54 Å². The van der Waals surface area contributed by atoms with Crippen molar-refractivity contribution < 1.29 is 0 Å². The third kappa shape index (κ3) is 2.46. The largest absolute Gasteiger partial charge is 0.294 e. The van der Waals surface area contributed by atoms with Gasteiger partial charge in [0.1, 0.15) is 0 Å². The number of hydrogen-bond acceptors (Lipinski definition) is 2. The molecule has 3 rings (SSSR count). The minimum absolute atomic E-state index is 0.366. The second-order valence-corrected chi connectivity index (χ2v) is 5.31. The van der Waals surface area contributed by atoms with Gasteiger partial charge in [0.15, 0.2) is 0 Å². The fourth-order valence-electron chi connectivity index (χ4n) is 3.25. The van der Waals surface area contributed by atoms with Gasteiger partial charge in [-0.1, -0.05) is 60.7 Å². The number of hydrogen-bond donors (Lipinski definition) is 0. The van der Waals surface area contributed by atoms with Gasteiger partial charge in [-0.25, -0.2) is 0 Å². The Morgan fingerprint density at radius 2 is 1.50 bits per heavy atom. The van der Waals surface area contributed by atoms with Crippen molar-refractivity contribution in [1.82, 2.24) is 5.01 Å². The van der Waals surface area contributed by atoms with E-state index in [4.69, 9.17) is 0 Å². The van der Waals surface area contributed by atoms with E-state index in [1.165, 1.54) is 24.0 Å². The standard InChI is InChI=1S/C18H20N2/c1-19-20-14-8-13-17(20)18(15-9-4-2-5-10-15)16-11-6-3-7-12-16/h2-7,9-12,17-18H,1,8,13-14H2/t17-/m0/s1.